The highest BCUT2D eigenvalue weighted by Crippen LogP contribution is 2.38. The van der Waals surface area contributed by atoms with Crippen LogP contribution in [0.15, 0.2) is 12.1 Å². The molecule has 1 aliphatic rings. The van der Waals surface area contributed by atoms with Crippen LogP contribution in [0.3, 0.4) is 0 Å². The Balaban J connectivity index is 2.30. The molecule has 0 aromatic carbocycles. The van der Waals surface area contributed by atoms with Crippen molar-refractivity contribution < 1.29 is 9.47 Å². The molecule has 1 aromatic heterocycles. The fourth-order valence-corrected chi connectivity index (χ4v) is 2.78. The van der Waals surface area contributed by atoms with Crippen molar-refractivity contribution in [2.75, 3.05) is 19.1 Å². The van der Waals surface area contributed by atoms with Crippen molar-refractivity contribution in [2.24, 2.45) is 0 Å². The Bertz CT molecular complexity index is 294. The van der Waals surface area contributed by atoms with Crippen LogP contribution >= 0.6 is 34.5 Å². The lowest BCUT2D eigenvalue weighted by Gasteiger charge is -2.22. The van der Waals surface area contributed by atoms with Gasteiger partial charge >= 0.3 is 0 Å². The summed E-state index contributed by atoms with van der Waals surface area (Å²) in [7, 11) is 0. The molecule has 0 amide bonds. The van der Waals surface area contributed by atoms with Crippen molar-refractivity contribution in [2.45, 2.75) is 5.79 Å². The van der Waals surface area contributed by atoms with E-state index in [1.807, 2.05) is 12.1 Å². The van der Waals surface area contributed by atoms with Crippen LogP contribution in [0, 0.1) is 0 Å². The summed E-state index contributed by atoms with van der Waals surface area (Å²) in [5, 5.41) is 0. The molecule has 0 bridgehead atoms. The minimum atomic E-state index is -0.751. The molecule has 0 radical (unpaired) electrons. The van der Waals surface area contributed by atoms with Crippen molar-refractivity contribution in [3.63, 3.8) is 0 Å². The molecule has 5 heteroatoms. The van der Waals surface area contributed by atoms with E-state index in [2.05, 4.69) is 0 Å². The van der Waals surface area contributed by atoms with Gasteiger partial charge in [0.15, 0.2) is 0 Å². The Hall–Kier alpha value is 0.200. The van der Waals surface area contributed by atoms with E-state index in [0.29, 0.717) is 19.1 Å². The summed E-state index contributed by atoms with van der Waals surface area (Å²) >= 11 is 13.1. The van der Waals surface area contributed by atoms with Crippen molar-refractivity contribution in [1.29, 1.82) is 0 Å². The average Bonchev–Trinajstić information content (AvgIpc) is 2.73. The summed E-state index contributed by atoms with van der Waals surface area (Å²) in [5.74, 6) is -0.455. The van der Waals surface area contributed by atoms with E-state index in [0.717, 1.165) is 9.21 Å². The third kappa shape index (κ3) is 1.72. The third-order valence-electron chi connectivity index (χ3n) is 1.88. The van der Waals surface area contributed by atoms with Crippen LogP contribution < -0.4 is 0 Å². The molecule has 0 atom stereocenters. The summed E-state index contributed by atoms with van der Waals surface area (Å²) in [4.78, 5) is 0.935. The minimum absolute atomic E-state index is 0.295. The monoisotopic (exact) mass is 238 g/mol. The number of rotatable bonds is 2. The maximum Gasteiger partial charge on any atom is 0.218 e. The molecule has 72 valence electrons. The predicted molar refractivity (Wildman–Crippen MR) is 53.6 cm³/mol. The van der Waals surface area contributed by atoms with Gasteiger partial charge < -0.3 is 9.47 Å². The lowest BCUT2D eigenvalue weighted by molar-refractivity contribution is -0.143. The van der Waals surface area contributed by atoms with Crippen molar-refractivity contribution in [3.05, 3.63) is 21.3 Å². The minimum Gasteiger partial charge on any atom is -0.342 e. The van der Waals surface area contributed by atoms with E-state index in [4.69, 9.17) is 32.7 Å². The summed E-state index contributed by atoms with van der Waals surface area (Å²) in [5.41, 5.74) is 0. The number of ether oxygens (including phenoxy) is 2. The standard InChI is InChI=1S/C8H8Cl2O2S/c9-5-8(11-3-4-12-8)6-1-2-7(10)13-6/h1-2H,3-5H2. The van der Waals surface area contributed by atoms with Gasteiger partial charge in [0.1, 0.15) is 0 Å². The maximum absolute atomic E-state index is 5.82. The molecule has 1 aromatic rings. The van der Waals surface area contributed by atoms with E-state index in [1.54, 1.807) is 0 Å². The Morgan fingerprint density at radius 2 is 2.08 bits per heavy atom. The van der Waals surface area contributed by atoms with Crippen molar-refractivity contribution >= 4 is 34.5 Å². The van der Waals surface area contributed by atoms with Gasteiger partial charge in [-0.25, -0.2) is 0 Å². The lowest BCUT2D eigenvalue weighted by atomic mass is 10.2. The maximum atomic E-state index is 5.82. The Kier molecular flexibility index (Phi) is 2.81. The summed E-state index contributed by atoms with van der Waals surface area (Å²) in [6.07, 6.45) is 0. The third-order valence-corrected chi connectivity index (χ3v) is 3.59. The van der Waals surface area contributed by atoms with E-state index < -0.39 is 5.79 Å². The van der Waals surface area contributed by atoms with Gasteiger partial charge in [-0.3, -0.25) is 0 Å². The van der Waals surface area contributed by atoms with E-state index >= 15 is 0 Å². The van der Waals surface area contributed by atoms with Gasteiger partial charge in [0.25, 0.3) is 0 Å². The fourth-order valence-electron chi connectivity index (χ4n) is 1.26. The van der Waals surface area contributed by atoms with Crippen LogP contribution in [0.4, 0.5) is 0 Å². The zero-order chi connectivity index (χ0) is 9.31. The second kappa shape index (κ2) is 3.75. The molecule has 1 fully saturated rings. The molecular weight excluding hydrogens is 231 g/mol. The average molecular weight is 239 g/mol. The molecule has 2 rings (SSSR count). The van der Waals surface area contributed by atoms with Crippen LogP contribution in [0.5, 0.6) is 0 Å². The van der Waals surface area contributed by atoms with Gasteiger partial charge in [0.2, 0.25) is 5.79 Å². The summed E-state index contributed by atoms with van der Waals surface area (Å²) in [6, 6.07) is 3.71. The highest BCUT2D eigenvalue weighted by Gasteiger charge is 2.39. The summed E-state index contributed by atoms with van der Waals surface area (Å²) in [6.45, 7) is 1.17. The first-order chi connectivity index (χ1) is 6.27. The molecule has 2 nitrogen and oxygen atoms in total. The van der Waals surface area contributed by atoms with Crippen molar-refractivity contribution in [1.82, 2.24) is 0 Å². The first-order valence-corrected chi connectivity index (χ1v) is 5.59. The first-order valence-electron chi connectivity index (χ1n) is 3.86. The number of hydrogen-bond acceptors (Lipinski definition) is 3. The van der Waals surface area contributed by atoms with Crippen LogP contribution in [-0.2, 0) is 15.3 Å². The van der Waals surface area contributed by atoms with Gasteiger partial charge in [-0.05, 0) is 12.1 Å². The smallest absolute Gasteiger partial charge is 0.218 e. The van der Waals surface area contributed by atoms with Gasteiger partial charge in [-0.2, -0.15) is 0 Å². The fraction of sp³-hybridized carbons (Fsp3) is 0.500. The van der Waals surface area contributed by atoms with Gasteiger partial charge in [-0.1, -0.05) is 11.6 Å². The molecule has 0 saturated carbocycles. The Morgan fingerprint density at radius 3 is 2.54 bits per heavy atom. The van der Waals surface area contributed by atoms with Crippen LogP contribution in [0.25, 0.3) is 0 Å². The molecule has 0 aliphatic carbocycles. The Labute approximate surface area is 90.4 Å². The highest BCUT2D eigenvalue weighted by molar-refractivity contribution is 7.16. The predicted octanol–water partition coefficient (Wildman–Crippen LogP) is 2.84. The van der Waals surface area contributed by atoms with Gasteiger partial charge in [-0.15, -0.1) is 22.9 Å². The zero-order valence-corrected chi connectivity index (χ0v) is 9.09. The lowest BCUT2D eigenvalue weighted by Crippen LogP contribution is -2.27. The highest BCUT2D eigenvalue weighted by atomic mass is 35.5. The molecule has 2 heterocycles. The van der Waals surface area contributed by atoms with Crippen LogP contribution in [0.1, 0.15) is 4.88 Å². The number of alkyl halides is 1. The molecule has 0 spiro atoms. The van der Waals surface area contributed by atoms with Crippen LogP contribution in [0.2, 0.25) is 4.34 Å². The van der Waals surface area contributed by atoms with Gasteiger partial charge in [0.05, 0.1) is 28.3 Å². The first kappa shape index (κ1) is 9.74. The molecule has 13 heavy (non-hydrogen) atoms. The quantitative estimate of drug-likeness (QED) is 0.739. The van der Waals surface area contributed by atoms with E-state index in [1.165, 1.54) is 11.3 Å². The largest absolute Gasteiger partial charge is 0.342 e. The van der Waals surface area contributed by atoms with E-state index in [-0.39, 0.29) is 0 Å². The molecule has 0 N–H and O–H groups in total. The van der Waals surface area contributed by atoms with Crippen LogP contribution in [-0.4, -0.2) is 19.1 Å². The molecular formula is C8H8Cl2O2S. The topological polar surface area (TPSA) is 18.5 Å². The van der Waals surface area contributed by atoms with Gasteiger partial charge in [0, 0.05) is 0 Å². The number of hydrogen-bond donors (Lipinski definition) is 0. The van der Waals surface area contributed by atoms with E-state index in [9.17, 15) is 0 Å². The molecule has 1 saturated heterocycles. The van der Waals surface area contributed by atoms with Crippen molar-refractivity contribution in [3.8, 4) is 0 Å². The molecule has 1 aliphatic heterocycles. The molecule has 0 unspecified atom stereocenters. The zero-order valence-electron chi connectivity index (χ0n) is 6.76. The second-order valence-corrected chi connectivity index (χ2v) is 4.67. The number of halogens is 2. The summed E-state index contributed by atoms with van der Waals surface area (Å²) < 4.78 is 11.7. The Morgan fingerprint density at radius 1 is 1.38 bits per heavy atom. The second-order valence-electron chi connectivity index (χ2n) is 2.69. The normalized spacial score (nSPS) is 20.8. The number of thiophene rings is 1. The SMILES string of the molecule is ClCC1(c2ccc(Cl)s2)OCCO1.